The maximum atomic E-state index is 12.9. The lowest BCUT2D eigenvalue weighted by Gasteiger charge is -2.52. The molecule has 34 heavy (non-hydrogen) atoms. The zero-order valence-corrected chi connectivity index (χ0v) is 18.7. The highest BCUT2D eigenvalue weighted by Crippen LogP contribution is 2.57. The average Bonchev–Trinajstić information content (AvgIpc) is 3.58. The first-order chi connectivity index (χ1) is 16.3. The van der Waals surface area contributed by atoms with Crippen LogP contribution in [0.3, 0.4) is 0 Å². The third kappa shape index (κ3) is 3.95. The number of benzene rings is 1. The van der Waals surface area contributed by atoms with Gasteiger partial charge in [0.1, 0.15) is 5.82 Å². The molecule has 178 valence electrons. The van der Waals surface area contributed by atoms with E-state index in [1.165, 1.54) is 12.8 Å². The van der Waals surface area contributed by atoms with E-state index in [4.69, 9.17) is 0 Å². The SMILES string of the molecule is FC(F)(F)c1nc(C23CCC(CNc4cccc(-c5cnc(C6CC6)nc5)c4)(CC2)CC3)no1. The molecule has 2 bridgehead atoms. The first kappa shape index (κ1) is 21.6. The van der Waals surface area contributed by atoms with Crippen molar-refractivity contribution in [3.8, 4) is 11.1 Å². The summed E-state index contributed by atoms with van der Waals surface area (Å²) in [6.07, 6.45) is 6.76. The molecule has 0 saturated heterocycles. The van der Waals surface area contributed by atoms with Gasteiger partial charge < -0.3 is 9.84 Å². The summed E-state index contributed by atoms with van der Waals surface area (Å²) in [4.78, 5) is 12.8. The van der Waals surface area contributed by atoms with Crippen LogP contribution >= 0.6 is 0 Å². The van der Waals surface area contributed by atoms with E-state index in [9.17, 15) is 13.2 Å². The van der Waals surface area contributed by atoms with Crippen LogP contribution in [0, 0.1) is 5.41 Å². The summed E-state index contributed by atoms with van der Waals surface area (Å²) in [6.45, 7) is 0.837. The Morgan fingerprint density at radius 3 is 2.29 bits per heavy atom. The minimum atomic E-state index is -4.60. The van der Waals surface area contributed by atoms with E-state index in [1.54, 1.807) is 0 Å². The van der Waals surface area contributed by atoms with E-state index in [0.717, 1.165) is 67.7 Å². The third-order valence-electron chi connectivity index (χ3n) is 8.02. The van der Waals surface area contributed by atoms with E-state index >= 15 is 0 Å². The molecule has 0 atom stereocenters. The van der Waals surface area contributed by atoms with E-state index in [0.29, 0.717) is 5.92 Å². The molecule has 4 saturated carbocycles. The quantitative estimate of drug-likeness (QED) is 0.468. The lowest BCUT2D eigenvalue weighted by atomic mass is 9.53. The molecule has 0 radical (unpaired) electrons. The molecule has 4 aliphatic rings. The second-order valence-electron chi connectivity index (χ2n) is 10.2. The van der Waals surface area contributed by atoms with E-state index < -0.39 is 12.1 Å². The van der Waals surface area contributed by atoms with Crippen LogP contribution in [0.5, 0.6) is 0 Å². The number of fused-ring (bicyclic) bond motifs is 3. The van der Waals surface area contributed by atoms with Gasteiger partial charge in [-0.1, -0.05) is 17.3 Å². The van der Waals surface area contributed by atoms with Crippen molar-refractivity contribution in [2.24, 2.45) is 5.41 Å². The minimum absolute atomic E-state index is 0.142. The van der Waals surface area contributed by atoms with Gasteiger partial charge >= 0.3 is 12.1 Å². The predicted octanol–water partition coefficient (Wildman–Crippen LogP) is 6.13. The average molecular weight is 470 g/mol. The smallest absolute Gasteiger partial charge is 0.384 e. The van der Waals surface area contributed by atoms with Crippen molar-refractivity contribution in [1.82, 2.24) is 20.1 Å². The van der Waals surface area contributed by atoms with Crippen molar-refractivity contribution in [3.05, 3.63) is 54.2 Å². The van der Waals surface area contributed by atoms with Gasteiger partial charge in [0.05, 0.1) is 0 Å². The summed E-state index contributed by atoms with van der Waals surface area (Å²) >= 11 is 0. The van der Waals surface area contributed by atoms with Gasteiger partial charge in [0.25, 0.3) is 0 Å². The van der Waals surface area contributed by atoms with E-state index in [1.807, 2.05) is 18.5 Å². The lowest BCUT2D eigenvalue weighted by Crippen LogP contribution is -2.47. The van der Waals surface area contributed by atoms with E-state index in [2.05, 4.69) is 48.1 Å². The number of rotatable bonds is 6. The normalized spacial score (nSPS) is 26.6. The number of nitrogens with zero attached hydrogens (tertiary/aromatic N) is 4. The monoisotopic (exact) mass is 469 g/mol. The summed E-state index contributed by atoms with van der Waals surface area (Å²) < 4.78 is 43.2. The Bertz CT molecular complexity index is 1160. The maximum Gasteiger partial charge on any atom is 0.471 e. The fourth-order valence-electron chi connectivity index (χ4n) is 5.56. The molecule has 1 aromatic carbocycles. The maximum absolute atomic E-state index is 12.9. The second-order valence-corrected chi connectivity index (χ2v) is 10.2. The van der Waals surface area contributed by atoms with Crippen LogP contribution in [-0.4, -0.2) is 26.7 Å². The highest BCUT2D eigenvalue weighted by atomic mass is 19.4. The van der Waals surface area contributed by atoms with Gasteiger partial charge in [0.2, 0.25) is 0 Å². The Morgan fingerprint density at radius 2 is 1.68 bits per heavy atom. The number of nitrogens with one attached hydrogen (secondary N) is 1. The summed E-state index contributed by atoms with van der Waals surface area (Å²) in [5, 5.41) is 7.33. The molecule has 2 aromatic heterocycles. The first-order valence-corrected chi connectivity index (χ1v) is 11.9. The predicted molar refractivity (Wildman–Crippen MR) is 119 cm³/mol. The second kappa shape index (κ2) is 7.78. The fourth-order valence-corrected chi connectivity index (χ4v) is 5.56. The molecule has 0 unspecified atom stereocenters. The topological polar surface area (TPSA) is 76.7 Å². The van der Waals surface area contributed by atoms with Gasteiger partial charge in [0, 0.05) is 41.5 Å². The fraction of sp³-hybridized carbons (Fsp3) is 0.520. The van der Waals surface area contributed by atoms with Crippen LogP contribution in [0.25, 0.3) is 11.1 Å². The molecule has 3 aromatic rings. The third-order valence-corrected chi connectivity index (χ3v) is 8.02. The van der Waals surface area contributed by atoms with Crippen molar-refractivity contribution >= 4 is 5.69 Å². The van der Waals surface area contributed by atoms with Gasteiger partial charge in [-0.3, -0.25) is 0 Å². The zero-order valence-electron chi connectivity index (χ0n) is 18.7. The Kier molecular flexibility index (Phi) is 4.93. The standard InChI is InChI=1S/C25H26F3N5O/c26-25(27,28)22-32-21(33-34-22)24-9-6-23(7-10-24,8-11-24)15-31-19-3-1-2-17(12-19)18-13-29-20(30-14-18)16-4-5-16/h1-3,12-14,16,31H,4-11,15H2. The molecule has 2 heterocycles. The summed E-state index contributed by atoms with van der Waals surface area (Å²) in [5.74, 6) is 0.466. The highest BCUT2D eigenvalue weighted by Gasteiger charge is 2.52. The number of hydrogen-bond acceptors (Lipinski definition) is 6. The highest BCUT2D eigenvalue weighted by molar-refractivity contribution is 5.66. The Labute approximate surface area is 195 Å². The molecule has 7 rings (SSSR count). The molecule has 0 spiro atoms. The van der Waals surface area contributed by atoms with Crippen LogP contribution in [0.1, 0.15) is 74.8 Å². The largest absolute Gasteiger partial charge is 0.471 e. The molecule has 6 nitrogen and oxygen atoms in total. The molecule has 4 fully saturated rings. The summed E-state index contributed by atoms with van der Waals surface area (Å²) in [6, 6.07) is 8.29. The molecular weight excluding hydrogens is 443 g/mol. The van der Waals surface area contributed by atoms with Crippen molar-refractivity contribution in [2.75, 3.05) is 11.9 Å². The number of halogens is 3. The van der Waals surface area contributed by atoms with Crippen LogP contribution in [0.4, 0.5) is 18.9 Å². The molecule has 4 aliphatic carbocycles. The molecule has 9 heteroatoms. The van der Waals surface area contributed by atoms with Gasteiger partial charge in [-0.15, -0.1) is 0 Å². The van der Waals surface area contributed by atoms with Gasteiger partial charge in [-0.25, -0.2) is 9.97 Å². The van der Waals surface area contributed by atoms with Crippen LogP contribution in [0.15, 0.2) is 41.2 Å². The van der Waals surface area contributed by atoms with Crippen LogP contribution in [0.2, 0.25) is 0 Å². The van der Waals surface area contributed by atoms with Gasteiger partial charge in [-0.2, -0.15) is 18.2 Å². The lowest BCUT2D eigenvalue weighted by molar-refractivity contribution is -0.159. The first-order valence-electron chi connectivity index (χ1n) is 11.9. The Hall–Kier alpha value is -2.97. The Morgan fingerprint density at radius 1 is 0.971 bits per heavy atom. The molecule has 1 N–H and O–H groups in total. The van der Waals surface area contributed by atoms with Gasteiger partial charge in [0.15, 0.2) is 5.82 Å². The number of anilines is 1. The van der Waals surface area contributed by atoms with Crippen molar-refractivity contribution < 1.29 is 17.7 Å². The summed E-state index contributed by atoms with van der Waals surface area (Å²) in [5.41, 5.74) is 2.89. The number of alkyl halides is 3. The molecular formula is C25H26F3N5O. The molecule has 0 amide bonds. The minimum Gasteiger partial charge on any atom is -0.384 e. The van der Waals surface area contributed by atoms with Crippen LogP contribution < -0.4 is 5.32 Å². The Balaban J connectivity index is 1.10. The van der Waals surface area contributed by atoms with Crippen molar-refractivity contribution in [3.63, 3.8) is 0 Å². The van der Waals surface area contributed by atoms with Gasteiger partial charge in [-0.05, 0) is 74.5 Å². The van der Waals surface area contributed by atoms with Crippen molar-refractivity contribution in [1.29, 1.82) is 0 Å². The summed E-state index contributed by atoms with van der Waals surface area (Å²) in [7, 11) is 0. The number of aromatic nitrogens is 4. The zero-order chi connectivity index (χ0) is 23.4. The van der Waals surface area contributed by atoms with E-state index in [-0.39, 0.29) is 16.7 Å². The van der Waals surface area contributed by atoms with Crippen LogP contribution in [-0.2, 0) is 11.6 Å². The molecule has 0 aliphatic heterocycles. The number of hydrogen-bond donors (Lipinski definition) is 1. The van der Waals surface area contributed by atoms with Crippen molar-refractivity contribution in [2.45, 2.75) is 68.9 Å².